The number of aryl methyl sites for hydroxylation is 3. The van der Waals surface area contributed by atoms with Gasteiger partial charge in [-0.05, 0) is 62.1 Å². The number of aliphatic carboxylic acids is 1. The minimum atomic E-state index is -0.816. The molecular formula is C22H27NO4S. The summed E-state index contributed by atoms with van der Waals surface area (Å²) in [6, 6.07) is 9.65. The number of ether oxygens (including phenoxy) is 2. The Labute approximate surface area is 170 Å². The smallest absolute Gasteiger partial charge is 0.321 e. The minimum absolute atomic E-state index is 0.0593. The van der Waals surface area contributed by atoms with Crippen molar-refractivity contribution in [3.8, 4) is 11.5 Å². The van der Waals surface area contributed by atoms with Crippen molar-refractivity contribution in [2.75, 3.05) is 12.4 Å². The summed E-state index contributed by atoms with van der Waals surface area (Å²) in [4.78, 5) is 11.2. The number of carboxylic acid groups (broad SMARTS) is 1. The molecule has 1 aliphatic rings. The molecule has 1 saturated heterocycles. The molecule has 1 fully saturated rings. The molecule has 2 N–H and O–H groups in total. The SMILES string of the molecule is CCOc1cc([C@H]2N[C@@H](C(=O)O)CS2)ccc1OCc1c(C)cc(C)cc1C. The van der Waals surface area contributed by atoms with Crippen molar-refractivity contribution < 1.29 is 19.4 Å². The van der Waals surface area contributed by atoms with Crippen LogP contribution in [0.25, 0.3) is 0 Å². The molecule has 0 unspecified atom stereocenters. The molecule has 6 heteroatoms. The van der Waals surface area contributed by atoms with Gasteiger partial charge in [0.1, 0.15) is 12.6 Å². The third-order valence-electron chi connectivity index (χ3n) is 4.86. The van der Waals surface area contributed by atoms with Crippen molar-refractivity contribution in [3.63, 3.8) is 0 Å². The molecule has 0 spiro atoms. The van der Waals surface area contributed by atoms with E-state index in [1.54, 1.807) is 11.8 Å². The number of benzene rings is 2. The maximum Gasteiger partial charge on any atom is 0.321 e. The molecule has 5 nitrogen and oxygen atoms in total. The molecule has 0 aliphatic carbocycles. The Morgan fingerprint density at radius 1 is 1.14 bits per heavy atom. The van der Waals surface area contributed by atoms with Crippen molar-refractivity contribution in [2.45, 2.75) is 45.7 Å². The van der Waals surface area contributed by atoms with Crippen LogP contribution in [0.3, 0.4) is 0 Å². The van der Waals surface area contributed by atoms with Crippen molar-refractivity contribution in [2.24, 2.45) is 0 Å². The predicted octanol–water partition coefficient (Wildman–Crippen LogP) is 4.38. The van der Waals surface area contributed by atoms with Gasteiger partial charge in [-0.15, -0.1) is 11.8 Å². The van der Waals surface area contributed by atoms with E-state index >= 15 is 0 Å². The maximum atomic E-state index is 11.2. The second-order valence-corrected chi connectivity index (χ2v) is 8.21. The van der Waals surface area contributed by atoms with Crippen LogP contribution >= 0.6 is 11.8 Å². The fourth-order valence-corrected chi connectivity index (χ4v) is 4.69. The first-order valence-corrected chi connectivity index (χ1v) is 10.5. The molecule has 1 aliphatic heterocycles. The van der Waals surface area contributed by atoms with Crippen LogP contribution < -0.4 is 14.8 Å². The zero-order valence-electron chi connectivity index (χ0n) is 16.7. The average molecular weight is 402 g/mol. The summed E-state index contributed by atoms with van der Waals surface area (Å²) in [6.45, 7) is 9.26. The molecule has 28 heavy (non-hydrogen) atoms. The Balaban J connectivity index is 1.77. The van der Waals surface area contributed by atoms with Crippen molar-refractivity contribution in [1.82, 2.24) is 5.32 Å². The van der Waals surface area contributed by atoms with Gasteiger partial charge < -0.3 is 14.6 Å². The van der Waals surface area contributed by atoms with Crippen molar-refractivity contribution >= 4 is 17.7 Å². The normalized spacial score (nSPS) is 18.9. The zero-order valence-corrected chi connectivity index (χ0v) is 17.6. The summed E-state index contributed by atoms with van der Waals surface area (Å²) in [5.74, 6) is 1.11. The lowest BCUT2D eigenvalue weighted by atomic mass is 10.0. The van der Waals surface area contributed by atoms with Gasteiger partial charge in [-0.2, -0.15) is 0 Å². The maximum absolute atomic E-state index is 11.2. The topological polar surface area (TPSA) is 67.8 Å². The summed E-state index contributed by atoms with van der Waals surface area (Å²) in [5, 5.41) is 12.3. The lowest BCUT2D eigenvalue weighted by Gasteiger charge is -2.18. The fraction of sp³-hybridized carbons (Fsp3) is 0.409. The number of hydrogen-bond donors (Lipinski definition) is 2. The van der Waals surface area contributed by atoms with Crippen LogP contribution in [0.2, 0.25) is 0 Å². The third-order valence-corrected chi connectivity index (χ3v) is 6.13. The average Bonchev–Trinajstić information content (AvgIpc) is 3.12. The monoisotopic (exact) mass is 401 g/mol. The quantitative estimate of drug-likeness (QED) is 0.718. The summed E-state index contributed by atoms with van der Waals surface area (Å²) < 4.78 is 11.9. The highest BCUT2D eigenvalue weighted by atomic mass is 32.2. The molecule has 2 atom stereocenters. The molecule has 2 aromatic rings. The van der Waals surface area contributed by atoms with Gasteiger partial charge >= 0.3 is 5.97 Å². The van der Waals surface area contributed by atoms with Crippen LogP contribution in [0.1, 0.15) is 40.1 Å². The Bertz CT molecular complexity index is 845. The summed E-state index contributed by atoms with van der Waals surface area (Å²) in [7, 11) is 0. The van der Waals surface area contributed by atoms with Crippen LogP contribution in [-0.2, 0) is 11.4 Å². The molecule has 3 rings (SSSR count). The Kier molecular flexibility index (Phi) is 6.52. The number of thioether (sulfide) groups is 1. The number of hydrogen-bond acceptors (Lipinski definition) is 5. The van der Waals surface area contributed by atoms with E-state index in [-0.39, 0.29) is 5.37 Å². The minimum Gasteiger partial charge on any atom is -0.490 e. The lowest BCUT2D eigenvalue weighted by molar-refractivity contribution is -0.138. The molecule has 0 bridgehead atoms. The first-order valence-electron chi connectivity index (χ1n) is 9.45. The molecule has 0 amide bonds. The van der Waals surface area contributed by atoms with Gasteiger partial charge in [0.15, 0.2) is 11.5 Å². The highest BCUT2D eigenvalue weighted by Gasteiger charge is 2.30. The standard InChI is InChI=1S/C22H27NO4S/c1-5-26-20-10-16(21-23-18(12-28-21)22(24)25)6-7-19(20)27-11-17-14(3)8-13(2)9-15(17)4/h6-10,18,21,23H,5,11-12H2,1-4H3,(H,24,25)/t18-,21+/m1/s1. The first-order chi connectivity index (χ1) is 13.4. The molecule has 1 heterocycles. The van der Waals surface area contributed by atoms with E-state index in [0.29, 0.717) is 30.5 Å². The predicted molar refractivity (Wildman–Crippen MR) is 112 cm³/mol. The summed E-state index contributed by atoms with van der Waals surface area (Å²) >= 11 is 1.59. The highest BCUT2D eigenvalue weighted by molar-refractivity contribution is 7.99. The fourth-order valence-electron chi connectivity index (χ4n) is 3.47. The molecule has 0 aromatic heterocycles. The van der Waals surface area contributed by atoms with E-state index in [1.807, 2.05) is 25.1 Å². The first kappa shape index (κ1) is 20.6. The number of rotatable bonds is 7. The van der Waals surface area contributed by atoms with E-state index in [9.17, 15) is 9.90 Å². The molecule has 0 saturated carbocycles. The largest absolute Gasteiger partial charge is 0.490 e. The summed E-state index contributed by atoms with van der Waals surface area (Å²) in [5.41, 5.74) is 5.87. The molecule has 0 radical (unpaired) electrons. The second kappa shape index (κ2) is 8.88. The van der Waals surface area contributed by atoms with Gasteiger partial charge in [0.05, 0.1) is 12.0 Å². The highest BCUT2D eigenvalue weighted by Crippen LogP contribution is 2.38. The number of carboxylic acids is 1. The van der Waals surface area contributed by atoms with Gasteiger partial charge in [0.25, 0.3) is 0 Å². The Morgan fingerprint density at radius 2 is 1.86 bits per heavy atom. The summed E-state index contributed by atoms with van der Waals surface area (Å²) in [6.07, 6.45) is 0. The van der Waals surface area contributed by atoms with Gasteiger partial charge in [0, 0.05) is 5.75 Å². The Hall–Kier alpha value is -2.18. The molecule has 150 valence electrons. The van der Waals surface area contributed by atoms with E-state index < -0.39 is 12.0 Å². The van der Waals surface area contributed by atoms with Crippen LogP contribution in [0, 0.1) is 20.8 Å². The van der Waals surface area contributed by atoms with Crippen LogP contribution in [0.4, 0.5) is 0 Å². The van der Waals surface area contributed by atoms with Crippen molar-refractivity contribution in [3.05, 3.63) is 58.1 Å². The Morgan fingerprint density at radius 3 is 2.46 bits per heavy atom. The number of carbonyl (C=O) groups is 1. The van der Waals surface area contributed by atoms with E-state index in [4.69, 9.17) is 9.47 Å². The second-order valence-electron chi connectivity index (χ2n) is 7.08. The van der Waals surface area contributed by atoms with E-state index in [2.05, 4.69) is 38.2 Å². The lowest BCUT2D eigenvalue weighted by Crippen LogP contribution is -2.33. The van der Waals surface area contributed by atoms with Crippen LogP contribution in [-0.4, -0.2) is 29.5 Å². The molecule has 2 aromatic carbocycles. The van der Waals surface area contributed by atoms with E-state index in [0.717, 1.165) is 5.56 Å². The van der Waals surface area contributed by atoms with Gasteiger partial charge in [-0.3, -0.25) is 10.1 Å². The molecular weight excluding hydrogens is 374 g/mol. The van der Waals surface area contributed by atoms with E-state index in [1.165, 1.54) is 22.3 Å². The van der Waals surface area contributed by atoms with Crippen LogP contribution in [0.5, 0.6) is 11.5 Å². The third kappa shape index (κ3) is 4.62. The van der Waals surface area contributed by atoms with Gasteiger partial charge in [-0.1, -0.05) is 23.8 Å². The number of nitrogens with one attached hydrogen (secondary N) is 1. The zero-order chi connectivity index (χ0) is 20.3. The van der Waals surface area contributed by atoms with Crippen molar-refractivity contribution in [1.29, 1.82) is 0 Å². The van der Waals surface area contributed by atoms with Crippen LogP contribution in [0.15, 0.2) is 30.3 Å². The van der Waals surface area contributed by atoms with Gasteiger partial charge in [0.2, 0.25) is 0 Å². The van der Waals surface area contributed by atoms with Gasteiger partial charge in [-0.25, -0.2) is 0 Å².